The van der Waals surface area contributed by atoms with Crippen LogP contribution in [0.15, 0.2) is 23.1 Å². The molecule has 116 valence electrons. The summed E-state index contributed by atoms with van der Waals surface area (Å²) in [5, 5.41) is 0. The van der Waals surface area contributed by atoms with Gasteiger partial charge in [-0.2, -0.15) is 4.31 Å². The van der Waals surface area contributed by atoms with Gasteiger partial charge in [-0.3, -0.25) is 0 Å². The second-order valence-electron chi connectivity index (χ2n) is 5.79. The predicted molar refractivity (Wildman–Crippen MR) is 77.0 cm³/mol. The van der Waals surface area contributed by atoms with E-state index in [9.17, 15) is 12.8 Å². The molecule has 0 N–H and O–H groups in total. The van der Waals surface area contributed by atoms with Crippen LogP contribution in [0, 0.1) is 12.7 Å². The Balaban J connectivity index is 1.96. The Hall–Kier alpha value is -0.980. The summed E-state index contributed by atoms with van der Waals surface area (Å²) in [6.45, 7) is 2.44. The lowest BCUT2D eigenvalue weighted by Gasteiger charge is -2.42. The van der Waals surface area contributed by atoms with Gasteiger partial charge in [0, 0.05) is 6.54 Å². The molecule has 1 heterocycles. The molecule has 21 heavy (non-hydrogen) atoms. The Morgan fingerprint density at radius 3 is 2.81 bits per heavy atom. The van der Waals surface area contributed by atoms with Crippen molar-refractivity contribution >= 4 is 10.0 Å². The van der Waals surface area contributed by atoms with Gasteiger partial charge in [0.05, 0.1) is 23.6 Å². The van der Waals surface area contributed by atoms with Crippen molar-refractivity contribution in [2.24, 2.45) is 0 Å². The Morgan fingerprint density at radius 2 is 2.05 bits per heavy atom. The average Bonchev–Trinajstić information content (AvgIpc) is 2.46. The van der Waals surface area contributed by atoms with Crippen molar-refractivity contribution in [2.45, 2.75) is 49.6 Å². The Bertz CT molecular complexity index is 630. The fourth-order valence-electron chi connectivity index (χ4n) is 3.39. The van der Waals surface area contributed by atoms with Crippen LogP contribution in [0.25, 0.3) is 0 Å². The summed E-state index contributed by atoms with van der Waals surface area (Å²) in [6, 6.07) is 3.76. The summed E-state index contributed by atoms with van der Waals surface area (Å²) in [4.78, 5) is 0.204. The Morgan fingerprint density at radius 1 is 1.29 bits per heavy atom. The molecule has 2 aliphatic rings. The first-order chi connectivity index (χ1) is 10.00. The van der Waals surface area contributed by atoms with Gasteiger partial charge in [0.1, 0.15) is 5.82 Å². The van der Waals surface area contributed by atoms with Crippen molar-refractivity contribution in [1.29, 1.82) is 0 Å². The molecule has 0 bridgehead atoms. The first kappa shape index (κ1) is 14.9. The van der Waals surface area contributed by atoms with Crippen molar-refractivity contribution in [2.75, 3.05) is 13.2 Å². The van der Waals surface area contributed by atoms with Crippen LogP contribution in [-0.2, 0) is 14.8 Å². The largest absolute Gasteiger partial charge is 0.375 e. The number of benzene rings is 1. The van der Waals surface area contributed by atoms with Gasteiger partial charge < -0.3 is 4.74 Å². The highest BCUT2D eigenvalue weighted by Gasteiger charge is 2.41. The highest BCUT2D eigenvalue weighted by Crippen LogP contribution is 2.33. The van der Waals surface area contributed by atoms with Gasteiger partial charge >= 0.3 is 0 Å². The summed E-state index contributed by atoms with van der Waals surface area (Å²) >= 11 is 0. The van der Waals surface area contributed by atoms with Crippen molar-refractivity contribution in [1.82, 2.24) is 4.31 Å². The number of aryl methyl sites for hydroxylation is 1. The number of fused-ring (bicyclic) bond motifs is 1. The van der Waals surface area contributed by atoms with Gasteiger partial charge in [-0.05, 0) is 43.5 Å². The molecule has 2 unspecified atom stereocenters. The zero-order valence-electron chi connectivity index (χ0n) is 12.1. The lowest BCUT2D eigenvalue weighted by molar-refractivity contribution is -0.0586. The predicted octanol–water partition coefficient (Wildman–Crippen LogP) is 2.47. The molecule has 1 saturated carbocycles. The van der Waals surface area contributed by atoms with Crippen LogP contribution in [0.1, 0.15) is 31.2 Å². The minimum Gasteiger partial charge on any atom is -0.375 e. The molecule has 0 spiro atoms. The van der Waals surface area contributed by atoms with Crippen LogP contribution < -0.4 is 0 Å². The maximum atomic E-state index is 13.2. The number of hydrogen-bond donors (Lipinski definition) is 0. The second kappa shape index (κ2) is 5.66. The van der Waals surface area contributed by atoms with Gasteiger partial charge in [0.2, 0.25) is 10.0 Å². The number of nitrogens with zero attached hydrogens (tertiary/aromatic N) is 1. The number of sulfonamides is 1. The van der Waals surface area contributed by atoms with Gasteiger partial charge in [0.15, 0.2) is 0 Å². The van der Waals surface area contributed by atoms with E-state index in [1.807, 2.05) is 0 Å². The minimum absolute atomic E-state index is 0.00281. The minimum atomic E-state index is -3.59. The molecule has 4 nitrogen and oxygen atoms in total. The Kier molecular flexibility index (Phi) is 4.03. The van der Waals surface area contributed by atoms with Crippen molar-refractivity contribution in [3.63, 3.8) is 0 Å². The standard InChI is InChI=1S/C15H20FNO3S/c1-11-10-12(16)6-7-15(11)21(18,19)17-8-9-20-14-5-3-2-4-13(14)17/h6-7,10,13-14H,2-5,8-9H2,1H3. The zero-order valence-corrected chi connectivity index (χ0v) is 12.9. The van der Waals surface area contributed by atoms with Crippen molar-refractivity contribution < 1.29 is 17.5 Å². The third-order valence-corrected chi connectivity index (χ3v) is 6.49. The van der Waals surface area contributed by atoms with E-state index in [4.69, 9.17) is 4.74 Å². The SMILES string of the molecule is Cc1cc(F)ccc1S(=O)(=O)N1CCOC2CCCCC21. The van der Waals surface area contributed by atoms with E-state index in [1.165, 1.54) is 18.2 Å². The maximum Gasteiger partial charge on any atom is 0.243 e. The molecule has 0 amide bonds. The number of rotatable bonds is 2. The number of hydrogen-bond acceptors (Lipinski definition) is 3. The smallest absolute Gasteiger partial charge is 0.243 e. The van der Waals surface area contributed by atoms with E-state index in [-0.39, 0.29) is 17.0 Å². The van der Waals surface area contributed by atoms with E-state index < -0.39 is 15.8 Å². The van der Waals surface area contributed by atoms with Gasteiger partial charge in [0.25, 0.3) is 0 Å². The molecular weight excluding hydrogens is 293 g/mol. The van der Waals surface area contributed by atoms with Crippen molar-refractivity contribution in [3.8, 4) is 0 Å². The first-order valence-corrected chi connectivity index (χ1v) is 8.84. The molecule has 2 atom stereocenters. The summed E-state index contributed by atoms with van der Waals surface area (Å²) in [5.74, 6) is -0.413. The lowest BCUT2D eigenvalue weighted by atomic mass is 9.91. The van der Waals surface area contributed by atoms with Crippen molar-refractivity contribution in [3.05, 3.63) is 29.6 Å². The third-order valence-electron chi connectivity index (χ3n) is 4.40. The fraction of sp³-hybridized carbons (Fsp3) is 0.600. The maximum absolute atomic E-state index is 13.2. The number of halogens is 1. The zero-order chi connectivity index (χ0) is 15.0. The van der Waals surface area contributed by atoms with E-state index in [0.29, 0.717) is 18.7 Å². The first-order valence-electron chi connectivity index (χ1n) is 7.40. The fourth-order valence-corrected chi connectivity index (χ4v) is 5.26. The van der Waals surface area contributed by atoms with Crippen LogP contribution in [-0.4, -0.2) is 38.0 Å². The summed E-state index contributed by atoms with van der Waals surface area (Å²) < 4.78 is 46.4. The monoisotopic (exact) mass is 313 g/mol. The molecule has 1 aliphatic carbocycles. The van der Waals surface area contributed by atoms with E-state index in [2.05, 4.69) is 0 Å². The van der Waals surface area contributed by atoms with Crippen LogP contribution in [0.3, 0.4) is 0 Å². The van der Waals surface area contributed by atoms with E-state index >= 15 is 0 Å². The molecular formula is C15H20FNO3S. The molecule has 1 saturated heterocycles. The summed E-state index contributed by atoms with van der Waals surface area (Å²) in [7, 11) is -3.59. The number of morpholine rings is 1. The molecule has 6 heteroatoms. The molecule has 1 aromatic carbocycles. The van der Waals surface area contributed by atoms with Crippen LogP contribution in [0.2, 0.25) is 0 Å². The highest BCUT2D eigenvalue weighted by atomic mass is 32.2. The van der Waals surface area contributed by atoms with Crippen LogP contribution in [0.5, 0.6) is 0 Å². The van der Waals surface area contributed by atoms with Gasteiger partial charge in [-0.15, -0.1) is 0 Å². The molecule has 1 aromatic rings. The normalized spacial score (nSPS) is 27.3. The third kappa shape index (κ3) is 2.72. The number of ether oxygens (including phenoxy) is 1. The van der Waals surface area contributed by atoms with E-state index in [1.54, 1.807) is 11.2 Å². The highest BCUT2D eigenvalue weighted by molar-refractivity contribution is 7.89. The summed E-state index contributed by atoms with van der Waals surface area (Å²) in [5.41, 5.74) is 0.453. The average molecular weight is 313 g/mol. The molecule has 0 radical (unpaired) electrons. The molecule has 2 fully saturated rings. The van der Waals surface area contributed by atoms with E-state index in [0.717, 1.165) is 25.7 Å². The second-order valence-corrected chi connectivity index (χ2v) is 7.65. The summed E-state index contributed by atoms with van der Waals surface area (Å²) in [6.07, 6.45) is 3.87. The quantitative estimate of drug-likeness (QED) is 0.842. The molecule has 1 aliphatic heterocycles. The van der Waals surface area contributed by atoms with Crippen LogP contribution >= 0.6 is 0 Å². The van der Waals surface area contributed by atoms with Crippen LogP contribution in [0.4, 0.5) is 4.39 Å². The van der Waals surface area contributed by atoms with Gasteiger partial charge in [-0.1, -0.05) is 12.8 Å². The lowest BCUT2D eigenvalue weighted by Crippen LogP contribution is -2.54. The Labute approximate surface area is 125 Å². The molecule has 3 rings (SSSR count). The topological polar surface area (TPSA) is 46.6 Å². The molecule has 0 aromatic heterocycles. The van der Waals surface area contributed by atoms with Gasteiger partial charge in [-0.25, -0.2) is 12.8 Å².